The van der Waals surface area contributed by atoms with Gasteiger partial charge in [0, 0.05) is 19.3 Å². The fourth-order valence-electron chi connectivity index (χ4n) is 10.2. The van der Waals surface area contributed by atoms with Crippen LogP contribution in [0.2, 0.25) is 0 Å². The third-order valence-corrected chi connectivity index (χ3v) is 12.3. The van der Waals surface area contributed by atoms with Crippen LogP contribution in [0, 0.1) is 35.0 Å². The summed E-state index contributed by atoms with van der Waals surface area (Å²) in [5.74, 6) is -1.05. The van der Waals surface area contributed by atoms with Gasteiger partial charge in [-0.15, -0.1) is 0 Å². The highest BCUT2D eigenvalue weighted by atomic mass is 16.7. The third-order valence-electron chi connectivity index (χ3n) is 12.3. The van der Waals surface area contributed by atoms with E-state index in [4.69, 9.17) is 18.9 Å². The smallest absolute Gasteiger partial charge is 0.302 e. The van der Waals surface area contributed by atoms with Crippen LogP contribution in [0.1, 0.15) is 66.7 Å². The van der Waals surface area contributed by atoms with Gasteiger partial charge >= 0.3 is 5.97 Å². The van der Waals surface area contributed by atoms with Gasteiger partial charge in [-0.1, -0.05) is 6.92 Å². The summed E-state index contributed by atoms with van der Waals surface area (Å²) in [4.78, 5) is 25.5. The maximum absolute atomic E-state index is 13.2. The molecule has 9 heteroatoms. The normalized spacial score (nSPS) is 59.4. The monoisotopic (exact) mass is 532 g/mol. The van der Waals surface area contributed by atoms with Crippen molar-refractivity contribution in [1.82, 2.24) is 0 Å². The standard InChI is InChI=1S/C29H40O9/c1-13(30)35-17-11-18(27(4,34)21-12-26(3)28(5,38-26)24(33)36-21)25(2)9-8-14-15(23(17)25)10-20-29(37-20)19(32)7-6-16(31)22(14)29/h6-7,14-15,17-24,32-34H,8-12H2,1-5H3/t14?,15?,17-,18?,19+,20-,21?,22?,23?,24?,25-,26+,27?,28-,29-/m1/s1. The average molecular weight is 533 g/mol. The number of aliphatic hydroxyl groups excluding tert-OH is 2. The molecule has 1 spiro atoms. The first-order valence-electron chi connectivity index (χ1n) is 14.2. The van der Waals surface area contributed by atoms with Crippen LogP contribution in [0.3, 0.4) is 0 Å². The van der Waals surface area contributed by atoms with Gasteiger partial charge in [-0.3, -0.25) is 9.59 Å². The molecule has 38 heavy (non-hydrogen) atoms. The van der Waals surface area contributed by atoms with E-state index < -0.39 is 58.3 Å². The Balaban J connectivity index is 1.23. The Morgan fingerprint density at radius 1 is 1.18 bits per heavy atom. The largest absolute Gasteiger partial charge is 0.462 e. The summed E-state index contributed by atoms with van der Waals surface area (Å²) >= 11 is 0. The maximum atomic E-state index is 13.2. The van der Waals surface area contributed by atoms with Gasteiger partial charge in [-0.25, -0.2) is 0 Å². The predicted octanol–water partition coefficient (Wildman–Crippen LogP) is 1.65. The number of ether oxygens (including phenoxy) is 4. The molecule has 0 aromatic rings. The van der Waals surface area contributed by atoms with Crippen LogP contribution >= 0.6 is 0 Å². The van der Waals surface area contributed by atoms with Crippen molar-refractivity contribution in [3.63, 3.8) is 0 Å². The molecule has 4 aliphatic carbocycles. The van der Waals surface area contributed by atoms with E-state index in [1.54, 1.807) is 13.0 Å². The number of hydrogen-bond acceptors (Lipinski definition) is 9. The number of allylic oxidation sites excluding steroid dienone is 1. The Kier molecular flexibility index (Phi) is 5.04. The maximum Gasteiger partial charge on any atom is 0.302 e. The number of aliphatic hydroxyl groups is 3. The number of ketones is 1. The van der Waals surface area contributed by atoms with Gasteiger partial charge in [0.05, 0.1) is 23.7 Å². The molecule has 15 atom stereocenters. The highest BCUT2D eigenvalue weighted by molar-refractivity contribution is 5.95. The molecule has 210 valence electrons. The molecule has 7 aliphatic rings. The molecule has 9 nitrogen and oxygen atoms in total. The van der Waals surface area contributed by atoms with Crippen molar-refractivity contribution in [2.45, 2.75) is 120 Å². The number of fused-ring (bicyclic) bond motifs is 5. The van der Waals surface area contributed by atoms with E-state index in [1.165, 1.54) is 13.0 Å². The van der Waals surface area contributed by atoms with E-state index in [-0.39, 0.29) is 41.5 Å². The summed E-state index contributed by atoms with van der Waals surface area (Å²) in [5, 5.41) is 33.7. The highest BCUT2D eigenvalue weighted by Gasteiger charge is 2.78. The quantitative estimate of drug-likeness (QED) is 0.366. The van der Waals surface area contributed by atoms with Gasteiger partial charge in [-0.05, 0) is 81.8 Å². The van der Waals surface area contributed by atoms with E-state index in [2.05, 4.69) is 6.92 Å². The van der Waals surface area contributed by atoms with Crippen LogP contribution in [0.25, 0.3) is 0 Å². The van der Waals surface area contributed by atoms with Crippen molar-refractivity contribution >= 4 is 11.8 Å². The second kappa shape index (κ2) is 7.47. The average Bonchev–Trinajstić information content (AvgIpc) is 3.65. The zero-order chi connectivity index (χ0) is 27.2. The van der Waals surface area contributed by atoms with Gasteiger partial charge in [-0.2, -0.15) is 0 Å². The fourth-order valence-corrected chi connectivity index (χ4v) is 10.2. The van der Waals surface area contributed by atoms with Crippen LogP contribution in [0.4, 0.5) is 0 Å². The third kappa shape index (κ3) is 2.98. The van der Waals surface area contributed by atoms with Crippen molar-refractivity contribution < 1.29 is 43.9 Å². The molecule has 3 heterocycles. The van der Waals surface area contributed by atoms with Crippen LogP contribution in [-0.4, -0.2) is 80.2 Å². The van der Waals surface area contributed by atoms with E-state index in [9.17, 15) is 24.9 Å². The van der Waals surface area contributed by atoms with Crippen molar-refractivity contribution in [3.05, 3.63) is 12.2 Å². The Bertz CT molecular complexity index is 1120. The number of hydrogen-bond donors (Lipinski definition) is 3. The first kappa shape index (κ1) is 25.6. The van der Waals surface area contributed by atoms with E-state index in [0.717, 1.165) is 12.8 Å². The lowest BCUT2D eigenvalue weighted by Crippen LogP contribution is -2.61. The molecule has 3 N–H and O–H groups in total. The minimum Gasteiger partial charge on any atom is -0.462 e. The molecular formula is C29H40O9. The Hall–Kier alpha value is -1.36. The number of carbonyl (C=O) groups is 2. The number of epoxide rings is 2. The van der Waals surface area contributed by atoms with Crippen molar-refractivity contribution in [1.29, 1.82) is 0 Å². The zero-order valence-electron chi connectivity index (χ0n) is 22.8. The van der Waals surface area contributed by atoms with Gasteiger partial charge in [0.25, 0.3) is 0 Å². The molecule has 0 aromatic heterocycles. The Morgan fingerprint density at radius 2 is 1.92 bits per heavy atom. The van der Waals surface area contributed by atoms with Gasteiger partial charge in [0.15, 0.2) is 12.1 Å². The zero-order valence-corrected chi connectivity index (χ0v) is 22.8. The molecule has 7 rings (SSSR count). The van der Waals surface area contributed by atoms with Gasteiger partial charge in [0.1, 0.15) is 29.0 Å². The van der Waals surface area contributed by atoms with Crippen LogP contribution in [-0.2, 0) is 28.5 Å². The second-order valence-electron chi connectivity index (χ2n) is 14.1. The molecular weight excluding hydrogens is 492 g/mol. The molecule has 8 unspecified atom stereocenters. The number of rotatable bonds is 3. The molecule has 3 saturated carbocycles. The van der Waals surface area contributed by atoms with E-state index in [0.29, 0.717) is 19.3 Å². The summed E-state index contributed by atoms with van der Waals surface area (Å²) in [5.41, 5.74) is -3.88. The van der Waals surface area contributed by atoms with Crippen molar-refractivity contribution in [2.75, 3.05) is 0 Å². The lowest BCUT2D eigenvalue weighted by Gasteiger charge is -2.56. The number of carbonyl (C=O) groups excluding carboxylic acids is 2. The second-order valence-corrected chi connectivity index (χ2v) is 14.1. The fraction of sp³-hybridized carbons (Fsp3) is 0.862. The Morgan fingerprint density at radius 3 is 2.61 bits per heavy atom. The summed E-state index contributed by atoms with van der Waals surface area (Å²) < 4.78 is 24.0. The van der Waals surface area contributed by atoms with Crippen LogP contribution in [0.5, 0.6) is 0 Å². The molecule has 0 aromatic carbocycles. The summed E-state index contributed by atoms with van der Waals surface area (Å²) in [6, 6.07) is 0. The first-order valence-corrected chi connectivity index (χ1v) is 14.2. The molecule has 0 bridgehead atoms. The molecule has 0 amide bonds. The van der Waals surface area contributed by atoms with Crippen LogP contribution in [0.15, 0.2) is 12.2 Å². The van der Waals surface area contributed by atoms with Gasteiger partial charge < -0.3 is 34.3 Å². The SMILES string of the molecule is CC(=O)O[C@@H]1CC(C(C)(O)C2C[C@]3(C)O[C@]3(C)C(O)O2)[C@@]2(C)CCC3C(C[C@H]4O[C@@]45C3C(=O)C=C[C@@H]5O)C12. The van der Waals surface area contributed by atoms with E-state index in [1.807, 2.05) is 13.8 Å². The Labute approximate surface area is 222 Å². The summed E-state index contributed by atoms with van der Waals surface area (Å²) in [6.07, 6.45) is 2.96. The molecule has 6 fully saturated rings. The molecule has 0 radical (unpaired) electrons. The first-order chi connectivity index (χ1) is 17.7. The highest BCUT2D eigenvalue weighted by Crippen LogP contribution is 2.70. The van der Waals surface area contributed by atoms with Gasteiger partial charge in [0.2, 0.25) is 0 Å². The minimum absolute atomic E-state index is 0.00648. The number of esters is 1. The van der Waals surface area contributed by atoms with Crippen LogP contribution < -0.4 is 0 Å². The summed E-state index contributed by atoms with van der Waals surface area (Å²) in [6.45, 7) is 9.16. The van der Waals surface area contributed by atoms with Crippen molar-refractivity contribution in [2.24, 2.45) is 35.0 Å². The lowest BCUT2D eigenvalue weighted by molar-refractivity contribution is -0.247. The minimum atomic E-state index is -1.32. The van der Waals surface area contributed by atoms with E-state index >= 15 is 0 Å². The predicted molar refractivity (Wildman–Crippen MR) is 131 cm³/mol. The molecule has 3 aliphatic heterocycles. The molecule has 3 saturated heterocycles. The summed E-state index contributed by atoms with van der Waals surface area (Å²) in [7, 11) is 0. The topological polar surface area (TPSA) is 138 Å². The lowest BCUT2D eigenvalue weighted by atomic mass is 9.48. The van der Waals surface area contributed by atoms with Crippen molar-refractivity contribution in [3.8, 4) is 0 Å².